The van der Waals surface area contributed by atoms with Crippen LogP contribution in [0.15, 0.2) is 52.0 Å². The third kappa shape index (κ3) is 4.56. The summed E-state index contributed by atoms with van der Waals surface area (Å²) in [5, 5.41) is 4.13. The van der Waals surface area contributed by atoms with Crippen LogP contribution in [-0.4, -0.2) is 25.8 Å². The van der Waals surface area contributed by atoms with Crippen LogP contribution in [-0.2, 0) is 0 Å². The van der Waals surface area contributed by atoms with Crippen molar-refractivity contribution in [1.82, 2.24) is 5.43 Å². The van der Waals surface area contributed by atoms with Gasteiger partial charge >= 0.3 is 0 Å². The second kappa shape index (κ2) is 7.78. The third-order valence-corrected chi connectivity index (χ3v) is 3.73. The monoisotopic (exact) mass is 376 g/mol. The van der Waals surface area contributed by atoms with Gasteiger partial charge in [0.1, 0.15) is 11.5 Å². The van der Waals surface area contributed by atoms with E-state index in [1.165, 1.54) is 14.2 Å². The van der Waals surface area contributed by atoms with Gasteiger partial charge in [-0.15, -0.1) is 0 Å². The number of hydrogen-bond acceptors (Lipinski definition) is 4. The first-order valence-corrected chi connectivity index (χ1v) is 7.66. The number of amides is 1. The summed E-state index contributed by atoms with van der Waals surface area (Å²) in [5.41, 5.74) is 4.59. The second-order valence-corrected chi connectivity index (χ2v) is 5.66. The predicted molar refractivity (Wildman–Crippen MR) is 93.4 cm³/mol. The van der Waals surface area contributed by atoms with Crippen LogP contribution < -0.4 is 14.9 Å². The molecule has 1 amide bonds. The fraction of sp³-hybridized carbons (Fsp3) is 0.176. The Balaban J connectivity index is 2.15. The van der Waals surface area contributed by atoms with Gasteiger partial charge in [-0.25, -0.2) is 5.43 Å². The number of methoxy groups -OCH3 is 2. The molecule has 0 aromatic heterocycles. The van der Waals surface area contributed by atoms with Crippen molar-refractivity contribution < 1.29 is 14.3 Å². The molecule has 23 heavy (non-hydrogen) atoms. The van der Waals surface area contributed by atoms with Crippen molar-refractivity contribution in [2.45, 2.75) is 6.92 Å². The molecular formula is C17H17BrN2O3. The van der Waals surface area contributed by atoms with Crippen molar-refractivity contribution >= 4 is 27.5 Å². The van der Waals surface area contributed by atoms with Crippen LogP contribution in [0, 0.1) is 0 Å². The maximum atomic E-state index is 12.2. The number of carbonyl (C=O) groups is 1. The van der Waals surface area contributed by atoms with Gasteiger partial charge in [0.05, 0.1) is 19.9 Å². The number of hydrogen-bond donors (Lipinski definition) is 1. The molecule has 2 aromatic rings. The number of rotatable bonds is 5. The highest BCUT2D eigenvalue weighted by molar-refractivity contribution is 9.10. The molecular weight excluding hydrogens is 360 g/mol. The minimum Gasteiger partial charge on any atom is -0.497 e. The molecule has 2 rings (SSSR count). The van der Waals surface area contributed by atoms with E-state index in [-0.39, 0.29) is 5.91 Å². The molecule has 0 bridgehead atoms. The number of nitrogens with zero attached hydrogens (tertiary/aromatic N) is 1. The highest BCUT2D eigenvalue weighted by Crippen LogP contribution is 2.22. The summed E-state index contributed by atoms with van der Waals surface area (Å²) >= 11 is 3.38. The van der Waals surface area contributed by atoms with Gasteiger partial charge in [0.25, 0.3) is 5.91 Å². The van der Waals surface area contributed by atoms with Crippen LogP contribution in [0.25, 0.3) is 0 Å². The third-order valence-electron chi connectivity index (χ3n) is 3.20. The van der Waals surface area contributed by atoms with Gasteiger partial charge in [-0.1, -0.05) is 28.1 Å². The zero-order chi connectivity index (χ0) is 16.8. The van der Waals surface area contributed by atoms with Gasteiger partial charge in [0.15, 0.2) is 0 Å². The van der Waals surface area contributed by atoms with E-state index in [0.29, 0.717) is 22.8 Å². The minimum absolute atomic E-state index is 0.335. The van der Waals surface area contributed by atoms with E-state index in [4.69, 9.17) is 9.47 Å². The lowest BCUT2D eigenvalue weighted by atomic mass is 10.1. The molecule has 0 atom stereocenters. The Morgan fingerprint density at radius 1 is 1.00 bits per heavy atom. The molecule has 0 aliphatic carbocycles. The van der Waals surface area contributed by atoms with Gasteiger partial charge in [0, 0.05) is 16.1 Å². The molecule has 0 aliphatic heterocycles. The molecule has 0 unspecified atom stereocenters. The zero-order valence-corrected chi connectivity index (χ0v) is 14.7. The molecule has 5 nitrogen and oxygen atoms in total. The first-order chi connectivity index (χ1) is 11.0. The maximum Gasteiger partial charge on any atom is 0.271 e. The quantitative estimate of drug-likeness (QED) is 0.640. The van der Waals surface area contributed by atoms with Crippen LogP contribution in [0.3, 0.4) is 0 Å². The summed E-state index contributed by atoms with van der Waals surface area (Å²) in [6.07, 6.45) is 0. The lowest BCUT2D eigenvalue weighted by Gasteiger charge is -2.08. The van der Waals surface area contributed by atoms with Crippen LogP contribution in [0.5, 0.6) is 11.5 Å². The number of benzene rings is 2. The number of hydrazone groups is 1. The van der Waals surface area contributed by atoms with Crippen molar-refractivity contribution in [2.75, 3.05) is 14.2 Å². The van der Waals surface area contributed by atoms with Crippen LogP contribution in [0.1, 0.15) is 22.8 Å². The lowest BCUT2D eigenvalue weighted by molar-refractivity contribution is 0.0954. The molecule has 0 radical (unpaired) electrons. The molecule has 0 fully saturated rings. The highest BCUT2D eigenvalue weighted by Gasteiger charge is 2.09. The second-order valence-electron chi connectivity index (χ2n) is 4.75. The van der Waals surface area contributed by atoms with E-state index in [1.807, 2.05) is 31.2 Å². The SMILES string of the molecule is COc1cc(OC)cc(C(=O)N/N=C(/C)c2ccc(Br)cc2)c1. The Hall–Kier alpha value is -2.34. The molecule has 1 N–H and O–H groups in total. The topological polar surface area (TPSA) is 59.9 Å². The Labute approximate surface area is 143 Å². The molecule has 0 saturated heterocycles. The van der Waals surface area contributed by atoms with Gasteiger partial charge in [0.2, 0.25) is 0 Å². The van der Waals surface area contributed by atoms with E-state index in [1.54, 1.807) is 18.2 Å². The molecule has 0 saturated carbocycles. The molecule has 0 aliphatic rings. The van der Waals surface area contributed by atoms with Crippen LogP contribution >= 0.6 is 15.9 Å². The first-order valence-electron chi connectivity index (χ1n) is 6.87. The Bertz CT molecular complexity index is 705. The minimum atomic E-state index is -0.335. The standard InChI is InChI=1S/C17H17BrN2O3/c1-11(12-4-6-14(18)7-5-12)19-20-17(21)13-8-15(22-2)10-16(9-13)23-3/h4-10H,1-3H3,(H,20,21)/b19-11-. The van der Waals surface area contributed by atoms with E-state index < -0.39 is 0 Å². The summed E-state index contributed by atoms with van der Waals surface area (Å²) in [6.45, 7) is 1.83. The van der Waals surface area contributed by atoms with Crippen molar-refractivity contribution in [1.29, 1.82) is 0 Å². The zero-order valence-electron chi connectivity index (χ0n) is 13.1. The Morgan fingerprint density at radius 2 is 1.57 bits per heavy atom. The first kappa shape index (κ1) is 17.0. The fourth-order valence-electron chi connectivity index (χ4n) is 1.89. The smallest absolute Gasteiger partial charge is 0.271 e. The summed E-state index contributed by atoms with van der Waals surface area (Å²) in [4.78, 5) is 12.2. The van der Waals surface area contributed by atoms with Gasteiger partial charge in [-0.3, -0.25) is 4.79 Å². The van der Waals surface area contributed by atoms with Crippen molar-refractivity contribution in [3.8, 4) is 11.5 Å². The van der Waals surface area contributed by atoms with E-state index in [2.05, 4.69) is 26.5 Å². The van der Waals surface area contributed by atoms with Crippen molar-refractivity contribution in [3.05, 3.63) is 58.1 Å². The van der Waals surface area contributed by atoms with Crippen LogP contribution in [0.4, 0.5) is 0 Å². The fourth-order valence-corrected chi connectivity index (χ4v) is 2.16. The number of nitrogens with one attached hydrogen (secondary N) is 1. The molecule has 120 valence electrons. The summed E-state index contributed by atoms with van der Waals surface area (Å²) in [6, 6.07) is 12.6. The highest BCUT2D eigenvalue weighted by atomic mass is 79.9. The average Bonchev–Trinajstić information content (AvgIpc) is 2.59. The predicted octanol–water partition coefficient (Wildman–Crippen LogP) is 3.62. The summed E-state index contributed by atoms with van der Waals surface area (Å²) in [5.74, 6) is 0.755. The van der Waals surface area contributed by atoms with Gasteiger partial charge < -0.3 is 9.47 Å². The number of ether oxygens (including phenoxy) is 2. The lowest BCUT2D eigenvalue weighted by Crippen LogP contribution is -2.19. The van der Waals surface area contributed by atoms with Crippen molar-refractivity contribution in [2.24, 2.45) is 5.10 Å². The maximum absolute atomic E-state index is 12.2. The normalized spacial score (nSPS) is 11.0. The summed E-state index contributed by atoms with van der Waals surface area (Å²) < 4.78 is 11.3. The largest absolute Gasteiger partial charge is 0.497 e. The number of halogens is 1. The summed E-state index contributed by atoms with van der Waals surface area (Å²) in [7, 11) is 3.07. The molecule has 6 heteroatoms. The molecule has 0 heterocycles. The van der Waals surface area contributed by atoms with Gasteiger partial charge in [-0.05, 0) is 36.8 Å². The van der Waals surface area contributed by atoms with E-state index in [0.717, 1.165) is 10.0 Å². The molecule has 2 aromatic carbocycles. The van der Waals surface area contributed by atoms with Gasteiger partial charge in [-0.2, -0.15) is 5.10 Å². The van der Waals surface area contributed by atoms with Crippen LogP contribution in [0.2, 0.25) is 0 Å². The average molecular weight is 377 g/mol. The number of carbonyl (C=O) groups excluding carboxylic acids is 1. The van der Waals surface area contributed by atoms with Crippen molar-refractivity contribution in [3.63, 3.8) is 0 Å². The Morgan fingerprint density at radius 3 is 2.09 bits per heavy atom. The van der Waals surface area contributed by atoms with E-state index in [9.17, 15) is 4.79 Å². The van der Waals surface area contributed by atoms with E-state index >= 15 is 0 Å². The Kier molecular flexibility index (Phi) is 5.76. The molecule has 0 spiro atoms.